The first-order valence-electron chi connectivity index (χ1n) is 20.8. The number of Topliss-reactive ketones (excluding diaryl/α,β-unsaturated/α-hetero) is 1. The van der Waals surface area contributed by atoms with Crippen molar-refractivity contribution in [3.05, 3.63) is 129 Å². The number of piperazine rings is 2. The molecule has 0 amide bonds. The molecule has 2 unspecified atom stereocenters. The molecule has 2 aliphatic heterocycles. The van der Waals surface area contributed by atoms with Gasteiger partial charge in [-0.1, -0.05) is 97.2 Å². The number of nitrogens with zero attached hydrogens (tertiary/aromatic N) is 8. The summed E-state index contributed by atoms with van der Waals surface area (Å²) in [6, 6.07) is 33.5. The van der Waals surface area contributed by atoms with Crippen molar-refractivity contribution in [2.45, 2.75) is 52.6 Å². The highest BCUT2D eigenvalue weighted by Crippen LogP contribution is 2.43. The third kappa shape index (κ3) is 6.22. The van der Waals surface area contributed by atoms with E-state index in [0.717, 1.165) is 118 Å². The van der Waals surface area contributed by atoms with E-state index in [1.165, 1.54) is 22.5 Å². The quantitative estimate of drug-likeness (QED) is 0.137. The molecule has 8 aromatic rings. The SMILES string of the molecule is CCc1ccccc1N1CCN(C(C(=O)C(c2sc3nc4ccccc4n3c2C)N2CCN(c3ccccc3CC)CC2)c2sc3nc4ccccc4n3c2C)CC1. The Labute approximate surface area is 347 Å². The number of hydrogen-bond donors (Lipinski definition) is 0. The molecule has 0 N–H and O–H groups in total. The Hall–Kier alpha value is -5.07. The van der Waals surface area contributed by atoms with Gasteiger partial charge in [0, 0.05) is 75.1 Å². The van der Waals surface area contributed by atoms with E-state index >= 15 is 4.79 Å². The van der Waals surface area contributed by atoms with Gasteiger partial charge in [-0.3, -0.25) is 23.4 Å². The zero-order valence-corrected chi connectivity index (χ0v) is 35.4. The summed E-state index contributed by atoms with van der Waals surface area (Å²) in [6.45, 7) is 15.5. The Morgan fingerprint density at radius 1 is 0.552 bits per heavy atom. The number of carbonyl (C=O) groups is 1. The number of ketones is 1. The van der Waals surface area contributed by atoms with E-state index in [9.17, 15) is 0 Å². The fourth-order valence-electron chi connectivity index (χ4n) is 9.64. The van der Waals surface area contributed by atoms with E-state index in [0.29, 0.717) is 0 Å². The maximum atomic E-state index is 16.2. The molecular weight excluding hydrogens is 757 g/mol. The Balaban J connectivity index is 1.07. The van der Waals surface area contributed by atoms with Crippen LogP contribution in [-0.4, -0.2) is 86.7 Å². The lowest BCUT2D eigenvalue weighted by atomic mass is 9.96. The van der Waals surface area contributed by atoms with Crippen LogP contribution in [0, 0.1) is 13.8 Å². The van der Waals surface area contributed by atoms with E-state index < -0.39 is 12.1 Å². The number of carbonyl (C=O) groups excluding carboxylic acids is 1. The molecule has 2 saturated heterocycles. The summed E-state index contributed by atoms with van der Waals surface area (Å²) in [6.07, 6.45) is 2.00. The van der Waals surface area contributed by atoms with E-state index in [-0.39, 0.29) is 5.78 Å². The van der Waals surface area contributed by atoms with Gasteiger partial charge in [-0.2, -0.15) is 0 Å². The molecule has 4 aromatic heterocycles. The zero-order chi connectivity index (χ0) is 39.5. The van der Waals surface area contributed by atoms with Gasteiger partial charge in [0.1, 0.15) is 12.1 Å². The topological polar surface area (TPSA) is 64.6 Å². The smallest absolute Gasteiger partial charge is 0.195 e. The van der Waals surface area contributed by atoms with Crippen LogP contribution in [0.4, 0.5) is 11.4 Å². The molecule has 0 bridgehead atoms. The fourth-order valence-corrected chi connectivity index (χ4v) is 12.2. The van der Waals surface area contributed by atoms with Crippen LogP contribution in [0.5, 0.6) is 0 Å². The van der Waals surface area contributed by atoms with Gasteiger partial charge in [-0.05, 0) is 74.2 Å². The minimum Gasteiger partial charge on any atom is -0.369 e. The Bertz CT molecular complexity index is 2590. The van der Waals surface area contributed by atoms with Crippen LogP contribution < -0.4 is 9.80 Å². The van der Waals surface area contributed by atoms with Crippen LogP contribution in [0.3, 0.4) is 0 Å². The number of anilines is 2. The van der Waals surface area contributed by atoms with Crippen LogP contribution in [0.25, 0.3) is 32.0 Å². The first kappa shape index (κ1) is 37.2. The van der Waals surface area contributed by atoms with Crippen molar-refractivity contribution in [3.63, 3.8) is 0 Å². The minimum atomic E-state index is -0.427. The molecule has 2 atom stereocenters. The molecule has 10 rings (SSSR count). The van der Waals surface area contributed by atoms with Gasteiger partial charge < -0.3 is 9.80 Å². The normalized spacial score (nSPS) is 17.0. The zero-order valence-electron chi connectivity index (χ0n) is 33.8. The Morgan fingerprint density at radius 2 is 0.931 bits per heavy atom. The molecule has 2 fully saturated rings. The standard InChI is InChI=1S/C47H50N8OS2/c1-5-33-15-7-11-19-37(33)50-23-27-52(28-24-50)41(44-31(3)54-39-21-13-9-17-35(39)48-46(54)57-44)43(56)42(45-32(4)55-40-22-14-10-18-36(40)49-47(55)58-45)53-29-25-51(26-30-53)38-20-12-8-16-34(38)6-2/h7-22,41-42H,5-6,23-30H2,1-4H3. The van der Waals surface area contributed by atoms with Crippen LogP contribution in [0.2, 0.25) is 0 Å². The first-order valence-corrected chi connectivity index (χ1v) is 22.5. The number of aromatic nitrogens is 4. The Morgan fingerprint density at radius 3 is 1.34 bits per heavy atom. The molecule has 6 heterocycles. The van der Waals surface area contributed by atoms with Gasteiger partial charge in [-0.25, -0.2) is 9.97 Å². The van der Waals surface area contributed by atoms with Gasteiger partial charge in [0.15, 0.2) is 15.7 Å². The van der Waals surface area contributed by atoms with Gasteiger partial charge >= 0.3 is 0 Å². The number of hydrogen-bond acceptors (Lipinski definition) is 9. The lowest BCUT2D eigenvalue weighted by Crippen LogP contribution is -2.53. The van der Waals surface area contributed by atoms with Gasteiger partial charge in [0.05, 0.1) is 31.8 Å². The first-order chi connectivity index (χ1) is 28.4. The maximum absolute atomic E-state index is 16.2. The van der Waals surface area contributed by atoms with Gasteiger partial charge in [0.25, 0.3) is 0 Å². The number of para-hydroxylation sites is 6. The highest BCUT2D eigenvalue weighted by molar-refractivity contribution is 7.18. The van der Waals surface area contributed by atoms with Crippen molar-refractivity contribution >= 4 is 71.8 Å². The second kappa shape index (κ2) is 15.3. The highest BCUT2D eigenvalue weighted by atomic mass is 32.1. The van der Waals surface area contributed by atoms with Crippen LogP contribution >= 0.6 is 22.7 Å². The summed E-state index contributed by atoms with van der Waals surface area (Å²) in [7, 11) is 0. The van der Waals surface area contributed by atoms with E-state index in [1.807, 2.05) is 12.1 Å². The van der Waals surface area contributed by atoms with Crippen molar-refractivity contribution in [2.75, 3.05) is 62.2 Å². The molecule has 0 saturated carbocycles. The highest BCUT2D eigenvalue weighted by Gasteiger charge is 2.43. The minimum absolute atomic E-state index is 0.249. The predicted octanol–water partition coefficient (Wildman–Crippen LogP) is 9.15. The second-order valence-electron chi connectivity index (χ2n) is 15.8. The molecule has 9 nitrogen and oxygen atoms in total. The second-order valence-corrected chi connectivity index (χ2v) is 17.8. The molecular formula is C47H50N8OS2. The number of rotatable bonds is 10. The lowest BCUT2D eigenvalue weighted by Gasteiger charge is -2.44. The lowest BCUT2D eigenvalue weighted by molar-refractivity contribution is -0.130. The van der Waals surface area contributed by atoms with E-state index in [1.54, 1.807) is 22.7 Å². The molecule has 58 heavy (non-hydrogen) atoms. The third-order valence-electron chi connectivity index (χ3n) is 12.7. The summed E-state index contributed by atoms with van der Waals surface area (Å²) in [5, 5.41) is 0. The number of aryl methyl sites for hydroxylation is 4. The molecule has 296 valence electrons. The van der Waals surface area contributed by atoms with Crippen molar-refractivity contribution in [1.82, 2.24) is 28.6 Å². The summed E-state index contributed by atoms with van der Waals surface area (Å²) >= 11 is 3.38. The molecule has 0 spiro atoms. The Kier molecular flexibility index (Phi) is 9.80. The van der Waals surface area contributed by atoms with Gasteiger partial charge in [-0.15, -0.1) is 0 Å². The summed E-state index contributed by atoms with van der Waals surface area (Å²) in [5.74, 6) is 0.249. The van der Waals surface area contributed by atoms with Crippen LogP contribution in [0.1, 0.15) is 58.2 Å². The van der Waals surface area contributed by atoms with Crippen molar-refractivity contribution in [3.8, 4) is 0 Å². The van der Waals surface area contributed by atoms with Crippen LogP contribution in [-0.2, 0) is 17.6 Å². The largest absolute Gasteiger partial charge is 0.369 e. The van der Waals surface area contributed by atoms with E-state index in [2.05, 4.69) is 141 Å². The predicted molar refractivity (Wildman–Crippen MR) is 240 cm³/mol. The van der Waals surface area contributed by atoms with Crippen molar-refractivity contribution in [2.24, 2.45) is 0 Å². The van der Waals surface area contributed by atoms with Crippen LogP contribution in [0.15, 0.2) is 97.1 Å². The average Bonchev–Trinajstić information content (AvgIpc) is 4.00. The number of imidazole rings is 2. The molecule has 4 aromatic carbocycles. The summed E-state index contributed by atoms with van der Waals surface area (Å²) < 4.78 is 4.55. The maximum Gasteiger partial charge on any atom is 0.195 e. The fraction of sp³-hybridized carbons (Fsp3) is 0.340. The molecule has 11 heteroatoms. The van der Waals surface area contributed by atoms with Crippen molar-refractivity contribution in [1.29, 1.82) is 0 Å². The summed E-state index contributed by atoms with van der Waals surface area (Å²) in [4.78, 5) is 40.5. The third-order valence-corrected chi connectivity index (χ3v) is 15.1. The summed E-state index contributed by atoms with van der Waals surface area (Å²) in [5.41, 5.74) is 11.7. The number of fused-ring (bicyclic) bond motifs is 6. The average molecular weight is 807 g/mol. The monoisotopic (exact) mass is 806 g/mol. The molecule has 0 aliphatic carbocycles. The molecule has 0 radical (unpaired) electrons. The number of thiazole rings is 2. The van der Waals surface area contributed by atoms with Gasteiger partial charge in [0.2, 0.25) is 0 Å². The van der Waals surface area contributed by atoms with Crippen molar-refractivity contribution < 1.29 is 4.79 Å². The molecule has 2 aliphatic rings. The van der Waals surface area contributed by atoms with E-state index in [4.69, 9.17) is 9.97 Å². The number of benzene rings is 4.